The van der Waals surface area contributed by atoms with Gasteiger partial charge in [-0.25, -0.2) is 5.43 Å². The van der Waals surface area contributed by atoms with Crippen LogP contribution in [0.3, 0.4) is 0 Å². The Kier molecular flexibility index (Phi) is 5.26. The van der Waals surface area contributed by atoms with Gasteiger partial charge < -0.3 is 14.4 Å². The highest BCUT2D eigenvalue weighted by molar-refractivity contribution is 5.95. The van der Waals surface area contributed by atoms with Crippen molar-refractivity contribution in [3.8, 4) is 17.2 Å². The third-order valence-corrected chi connectivity index (χ3v) is 4.28. The molecular weight excluding hydrogens is 342 g/mol. The maximum absolute atomic E-state index is 12.3. The molecule has 0 fully saturated rings. The monoisotopic (exact) mass is 363 g/mol. The van der Waals surface area contributed by atoms with Crippen molar-refractivity contribution in [1.29, 1.82) is 0 Å². The van der Waals surface area contributed by atoms with Gasteiger partial charge in [0.2, 0.25) is 0 Å². The van der Waals surface area contributed by atoms with Crippen LogP contribution in [0.15, 0.2) is 59.7 Å². The molecule has 0 atom stereocenters. The Morgan fingerprint density at radius 2 is 1.74 bits per heavy atom. The maximum Gasteiger partial charge on any atom is 0.271 e. The molecule has 2 N–H and O–H groups in total. The summed E-state index contributed by atoms with van der Waals surface area (Å²) < 4.78 is 7.16. The summed E-state index contributed by atoms with van der Waals surface area (Å²) in [5.41, 5.74) is 6.66. The number of carbonyl (C=O) groups excluding carboxylic acids is 1. The fourth-order valence-corrected chi connectivity index (χ4v) is 2.87. The highest BCUT2D eigenvalue weighted by atomic mass is 16.5. The van der Waals surface area contributed by atoms with E-state index in [1.54, 1.807) is 30.3 Å². The average Bonchev–Trinajstić information content (AvgIpc) is 3.01. The summed E-state index contributed by atoms with van der Waals surface area (Å²) in [6.07, 6.45) is 1.37. The van der Waals surface area contributed by atoms with E-state index in [1.807, 2.05) is 26.0 Å². The van der Waals surface area contributed by atoms with Crippen molar-refractivity contribution in [3.63, 3.8) is 0 Å². The number of carbonyl (C=O) groups is 1. The van der Waals surface area contributed by atoms with Gasteiger partial charge in [0.15, 0.2) is 11.5 Å². The summed E-state index contributed by atoms with van der Waals surface area (Å²) in [5.74, 6) is -0.0163. The Bertz CT molecular complexity index is 969. The number of aromatic hydroxyl groups is 1. The van der Waals surface area contributed by atoms with Gasteiger partial charge in [-0.1, -0.05) is 6.07 Å². The molecule has 0 radical (unpaired) electrons. The first kappa shape index (κ1) is 18.3. The first-order chi connectivity index (χ1) is 13.0. The summed E-state index contributed by atoms with van der Waals surface area (Å²) in [6, 6.07) is 16.4. The predicted octanol–water partition coefficient (Wildman–Crippen LogP) is 3.57. The number of methoxy groups -OCH3 is 1. The summed E-state index contributed by atoms with van der Waals surface area (Å²) >= 11 is 0. The maximum atomic E-state index is 12.3. The molecule has 0 spiro atoms. The lowest BCUT2D eigenvalue weighted by Crippen LogP contribution is -2.17. The third-order valence-electron chi connectivity index (χ3n) is 4.28. The van der Waals surface area contributed by atoms with E-state index in [2.05, 4.69) is 27.2 Å². The van der Waals surface area contributed by atoms with Crippen LogP contribution in [0.25, 0.3) is 5.69 Å². The number of nitrogens with one attached hydrogen (secondary N) is 1. The molecule has 0 saturated carbocycles. The number of para-hydroxylation sites is 1. The molecule has 6 heteroatoms. The van der Waals surface area contributed by atoms with Gasteiger partial charge in [-0.15, -0.1) is 0 Å². The van der Waals surface area contributed by atoms with Gasteiger partial charge in [0.25, 0.3) is 5.91 Å². The lowest BCUT2D eigenvalue weighted by Gasteiger charge is -2.10. The van der Waals surface area contributed by atoms with Crippen LogP contribution in [0.4, 0.5) is 0 Å². The molecule has 27 heavy (non-hydrogen) atoms. The van der Waals surface area contributed by atoms with Crippen LogP contribution < -0.4 is 10.2 Å². The minimum absolute atomic E-state index is 0.0279. The Balaban J connectivity index is 1.70. The molecule has 1 heterocycles. The SMILES string of the molecule is COc1cccc(C=NNC(=O)c2ccc(-n3c(C)ccc3C)cc2)c1O. The van der Waals surface area contributed by atoms with Crippen LogP contribution >= 0.6 is 0 Å². The second-order valence-corrected chi connectivity index (χ2v) is 6.10. The van der Waals surface area contributed by atoms with E-state index in [0.29, 0.717) is 16.9 Å². The number of hydrogen-bond donors (Lipinski definition) is 2. The number of aromatic nitrogens is 1. The van der Waals surface area contributed by atoms with Gasteiger partial charge in [-0.3, -0.25) is 4.79 Å². The minimum atomic E-state index is -0.332. The fourth-order valence-electron chi connectivity index (χ4n) is 2.87. The molecule has 3 rings (SSSR count). The topological polar surface area (TPSA) is 75.8 Å². The molecule has 1 amide bonds. The number of hydrazone groups is 1. The number of hydrogen-bond acceptors (Lipinski definition) is 4. The fraction of sp³-hybridized carbons (Fsp3) is 0.143. The summed E-state index contributed by atoms with van der Waals surface area (Å²) in [7, 11) is 1.47. The summed E-state index contributed by atoms with van der Waals surface area (Å²) in [4.78, 5) is 12.3. The number of amides is 1. The number of phenols is 1. The van der Waals surface area contributed by atoms with E-state index >= 15 is 0 Å². The van der Waals surface area contributed by atoms with Gasteiger partial charge in [0.05, 0.1) is 13.3 Å². The normalized spacial score (nSPS) is 10.9. The number of benzene rings is 2. The lowest BCUT2D eigenvalue weighted by molar-refractivity contribution is 0.0955. The van der Waals surface area contributed by atoms with Gasteiger partial charge in [0, 0.05) is 28.2 Å². The molecule has 0 aliphatic rings. The molecule has 0 aliphatic carbocycles. The molecule has 138 valence electrons. The second-order valence-electron chi connectivity index (χ2n) is 6.10. The Hall–Kier alpha value is -3.54. The molecule has 3 aromatic rings. The van der Waals surface area contributed by atoms with Crippen molar-refractivity contribution in [2.45, 2.75) is 13.8 Å². The number of ether oxygens (including phenoxy) is 1. The molecule has 0 aliphatic heterocycles. The Labute approximate surface area is 157 Å². The van der Waals surface area contributed by atoms with Crippen molar-refractivity contribution < 1.29 is 14.6 Å². The van der Waals surface area contributed by atoms with Crippen molar-refractivity contribution in [1.82, 2.24) is 9.99 Å². The zero-order chi connectivity index (χ0) is 19.4. The van der Waals surface area contributed by atoms with Crippen LogP contribution in [0.2, 0.25) is 0 Å². The van der Waals surface area contributed by atoms with Crippen molar-refractivity contribution in [2.75, 3.05) is 7.11 Å². The van der Waals surface area contributed by atoms with E-state index in [1.165, 1.54) is 13.3 Å². The van der Waals surface area contributed by atoms with E-state index in [-0.39, 0.29) is 11.7 Å². The van der Waals surface area contributed by atoms with E-state index < -0.39 is 0 Å². The Morgan fingerprint density at radius 3 is 2.37 bits per heavy atom. The van der Waals surface area contributed by atoms with Gasteiger partial charge in [-0.05, 0) is 62.4 Å². The smallest absolute Gasteiger partial charge is 0.271 e. The summed E-state index contributed by atoms with van der Waals surface area (Å²) in [5, 5.41) is 13.9. The number of phenolic OH excluding ortho intramolecular Hbond substituents is 1. The van der Waals surface area contributed by atoms with Crippen molar-refractivity contribution in [3.05, 3.63) is 77.1 Å². The first-order valence-electron chi connectivity index (χ1n) is 8.46. The predicted molar refractivity (Wildman–Crippen MR) is 105 cm³/mol. The van der Waals surface area contributed by atoms with E-state index in [0.717, 1.165) is 17.1 Å². The molecular formula is C21H21N3O3. The largest absolute Gasteiger partial charge is 0.504 e. The summed E-state index contributed by atoms with van der Waals surface area (Å²) in [6.45, 7) is 4.08. The lowest BCUT2D eigenvalue weighted by atomic mass is 10.2. The van der Waals surface area contributed by atoms with Crippen LogP contribution in [0.5, 0.6) is 11.5 Å². The number of rotatable bonds is 5. The molecule has 0 bridgehead atoms. The van der Waals surface area contributed by atoms with Gasteiger partial charge in [0.1, 0.15) is 0 Å². The zero-order valence-corrected chi connectivity index (χ0v) is 15.4. The number of aryl methyl sites for hydroxylation is 2. The van der Waals surface area contributed by atoms with E-state index in [9.17, 15) is 9.90 Å². The second kappa shape index (κ2) is 7.78. The minimum Gasteiger partial charge on any atom is -0.504 e. The average molecular weight is 363 g/mol. The van der Waals surface area contributed by atoms with Crippen LogP contribution in [-0.2, 0) is 0 Å². The van der Waals surface area contributed by atoms with Crippen molar-refractivity contribution >= 4 is 12.1 Å². The highest BCUT2D eigenvalue weighted by Crippen LogP contribution is 2.27. The number of nitrogens with zero attached hydrogens (tertiary/aromatic N) is 2. The van der Waals surface area contributed by atoms with Crippen LogP contribution in [-0.4, -0.2) is 28.9 Å². The molecule has 2 aromatic carbocycles. The van der Waals surface area contributed by atoms with E-state index in [4.69, 9.17) is 4.74 Å². The molecule has 0 saturated heterocycles. The third kappa shape index (κ3) is 3.84. The molecule has 0 unspecified atom stereocenters. The standard InChI is InChI=1S/C21H21N3O3/c1-14-7-8-15(2)24(14)18-11-9-16(10-12-18)21(26)23-22-13-17-5-4-6-19(27-3)20(17)25/h4-13,25H,1-3H3,(H,23,26). The highest BCUT2D eigenvalue weighted by Gasteiger charge is 2.08. The van der Waals surface area contributed by atoms with Gasteiger partial charge >= 0.3 is 0 Å². The van der Waals surface area contributed by atoms with Crippen molar-refractivity contribution in [2.24, 2.45) is 5.10 Å². The Morgan fingerprint density at radius 1 is 1.07 bits per heavy atom. The molecule has 1 aromatic heterocycles. The van der Waals surface area contributed by atoms with Gasteiger partial charge in [-0.2, -0.15) is 5.10 Å². The van der Waals surface area contributed by atoms with Crippen LogP contribution in [0, 0.1) is 13.8 Å². The first-order valence-corrected chi connectivity index (χ1v) is 8.46. The molecule has 6 nitrogen and oxygen atoms in total. The zero-order valence-electron chi connectivity index (χ0n) is 15.4. The quantitative estimate of drug-likeness (QED) is 0.537. The van der Waals surface area contributed by atoms with Crippen LogP contribution in [0.1, 0.15) is 27.3 Å².